The van der Waals surface area contributed by atoms with Gasteiger partial charge in [0.25, 0.3) is 5.91 Å². The summed E-state index contributed by atoms with van der Waals surface area (Å²) in [6, 6.07) is 1.79. The molecule has 0 spiro atoms. The Balaban J connectivity index is 1.92. The fourth-order valence-electron chi connectivity index (χ4n) is 5.47. The van der Waals surface area contributed by atoms with Crippen LogP contribution in [0.3, 0.4) is 0 Å². The van der Waals surface area contributed by atoms with Crippen molar-refractivity contribution in [1.82, 2.24) is 0 Å². The van der Waals surface area contributed by atoms with Crippen LogP contribution in [-0.4, -0.2) is 43.5 Å². The number of hydrogen-bond acceptors (Lipinski definition) is 8. The number of nitrogens with two attached hydrogens (primary N) is 2. The second-order valence-corrected chi connectivity index (χ2v) is 8.76. The van der Waals surface area contributed by atoms with Crippen LogP contribution in [0, 0.1) is 11.8 Å². The predicted octanol–water partition coefficient (Wildman–Crippen LogP) is 0.992. The quantitative estimate of drug-likeness (QED) is 0.373. The van der Waals surface area contributed by atoms with E-state index in [4.69, 9.17) is 11.5 Å². The first-order valence-electron chi connectivity index (χ1n) is 10.6. The van der Waals surface area contributed by atoms with Crippen LogP contribution in [0.5, 0.6) is 5.75 Å². The Labute approximate surface area is 184 Å². The number of aromatic hydroxyl groups is 1. The van der Waals surface area contributed by atoms with Gasteiger partial charge in [-0.15, -0.1) is 0 Å². The molecule has 0 fully saturated rings. The molecule has 0 unspecified atom stereocenters. The van der Waals surface area contributed by atoms with Gasteiger partial charge in [0.2, 0.25) is 5.78 Å². The fourth-order valence-corrected chi connectivity index (χ4v) is 5.47. The first kappa shape index (κ1) is 22.0. The summed E-state index contributed by atoms with van der Waals surface area (Å²) in [6.07, 6.45) is 1.65. The third kappa shape index (κ3) is 2.81. The SMILES string of the molecule is CCCc1cc(CN)c(O)c2c1C[C@H]1C[C@H]3CC(O)=C(C(N)=O)C(=O)[C@@]3(O)C(O)=C1C2=O. The van der Waals surface area contributed by atoms with E-state index in [9.17, 15) is 34.8 Å². The largest absolute Gasteiger partial charge is 0.511 e. The molecule has 170 valence electrons. The van der Waals surface area contributed by atoms with E-state index in [2.05, 4.69) is 0 Å². The number of carbonyl (C=O) groups is 3. The number of hydrogen-bond donors (Lipinski definition) is 6. The highest BCUT2D eigenvalue weighted by atomic mass is 16.3. The molecule has 3 aliphatic rings. The number of carbonyl (C=O) groups excluding carboxylic acids is 3. The Morgan fingerprint density at radius 2 is 1.88 bits per heavy atom. The van der Waals surface area contributed by atoms with E-state index >= 15 is 0 Å². The molecule has 0 saturated carbocycles. The number of fused-ring (bicyclic) bond motifs is 3. The Morgan fingerprint density at radius 1 is 1.19 bits per heavy atom. The minimum atomic E-state index is -2.55. The number of Topliss-reactive ketones (excluding diaryl/α,β-unsaturated/α-hetero) is 2. The Hall–Kier alpha value is -3.17. The van der Waals surface area contributed by atoms with Crippen LogP contribution in [0.2, 0.25) is 0 Å². The first-order chi connectivity index (χ1) is 15.1. The summed E-state index contributed by atoms with van der Waals surface area (Å²) in [5.74, 6) is -6.26. The van der Waals surface area contributed by atoms with Gasteiger partial charge in [-0.1, -0.05) is 19.4 Å². The van der Waals surface area contributed by atoms with Crippen molar-refractivity contribution >= 4 is 17.5 Å². The second-order valence-electron chi connectivity index (χ2n) is 8.76. The minimum absolute atomic E-state index is 0.00804. The summed E-state index contributed by atoms with van der Waals surface area (Å²) in [4.78, 5) is 38.1. The number of primary amides is 1. The number of aliphatic hydroxyl groups excluding tert-OH is 2. The summed E-state index contributed by atoms with van der Waals surface area (Å²) in [7, 11) is 0. The highest BCUT2D eigenvalue weighted by molar-refractivity contribution is 6.24. The van der Waals surface area contributed by atoms with Gasteiger partial charge in [0.15, 0.2) is 11.4 Å². The summed E-state index contributed by atoms with van der Waals surface area (Å²) < 4.78 is 0. The lowest BCUT2D eigenvalue weighted by Crippen LogP contribution is -2.57. The molecule has 0 radical (unpaired) electrons. The number of benzene rings is 1. The number of phenolic OH excluding ortho intramolecular Hbond substituents is 1. The van der Waals surface area contributed by atoms with Gasteiger partial charge in [-0.3, -0.25) is 14.4 Å². The molecule has 0 aliphatic heterocycles. The van der Waals surface area contributed by atoms with Gasteiger partial charge < -0.3 is 31.9 Å². The highest BCUT2D eigenvalue weighted by Gasteiger charge is 2.59. The Bertz CT molecular complexity index is 1130. The molecule has 3 aliphatic carbocycles. The van der Waals surface area contributed by atoms with Crippen molar-refractivity contribution in [3.05, 3.63) is 51.0 Å². The van der Waals surface area contributed by atoms with E-state index in [1.54, 1.807) is 6.07 Å². The van der Waals surface area contributed by atoms with Gasteiger partial charge in [-0.2, -0.15) is 0 Å². The van der Waals surface area contributed by atoms with Gasteiger partial charge in [-0.05, 0) is 36.3 Å². The van der Waals surface area contributed by atoms with Crippen LogP contribution in [-0.2, 0) is 29.0 Å². The van der Waals surface area contributed by atoms with E-state index in [1.807, 2.05) is 6.92 Å². The maximum absolute atomic E-state index is 13.5. The van der Waals surface area contributed by atoms with E-state index in [1.165, 1.54) is 0 Å². The number of aliphatic hydroxyl groups is 3. The zero-order valence-corrected chi connectivity index (χ0v) is 17.6. The molecule has 1 aromatic rings. The minimum Gasteiger partial charge on any atom is -0.511 e. The average molecular weight is 442 g/mol. The topological polar surface area (TPSA) is 184 Å². The molecule has 32 heavy (non-hydrogen) atoms. The lowest BCUT2D eigenvalue weighted by Gasteiger charge is -2.45. The summed E-state index contributed by atoms with van der Waals surface area (Å²) in [5, 5.41) is 43.2. The average Bonchev–Trinajstić information content (AvgIpc) is 2.72. The fraction of sp³-hybridized carbons (Fsp3) is 0.435. The molecule has 9 heteroatoms. The summed E-state index contributed by atoms with van der Waals surface area (Å²) in [6.45, 7) is 2.00. The lowest BCUT2D eigenvalue weighted by atomic mass is 9.60. The molecule has 0 saturated heterocycles. The van der Waals surface area contributed by atoms with Crippen molar-refractivity contribution in [2.45, 2.75) is 51.2 Å². The smallest absolute Gasteiger partial charge is 0.255 e. The summed E-state index contributed by atoms with van der Waals surface area (Å²) >= 11 is 0. The second kappa shape index (κ2) is 7.46. The highest BCUT2D eigenvalue weighted by Crippen LogP contribution is 2.52. The van der Waals surface area contributed by atoms with Gasteiger partial charge in [0.05, 0.1) is 5.56 Å². The Morgan fingerprint density at radius 3 is 2.47 bits per heavy atom. The van der Waals surface area contributed by atoms with E-state index in [0.717, 1.165) is 12.0 Å². The van der Waals surface area contributed by atoms with Crippen molar-refractivity contribution < 1.29 is 34.8 Å². The molecular weight excluding hydrogens is 416 g/mol. The number of ketones is 2. The van der Waals surface area contributed by atoms with Crippen molar-refractivity contribution in [3.8, 4) is 5.75 Å². The third-order valence-electron chi connectivity index (χ3n) is 6.97. The maximum Gasteiger partial charge on any atom is 0.255 e. The van der Waals surface area contributed by atoms with Crippen LogP contribution in [0.25, 0.3) is 0 Å². The molecule has 9 nitrogen and oxygen atoms in total. The molecule has 3 atom stereocenters. The van der Waals surface area contributed by atoms with Gasteiger partial charge in [0, 0.05) is 30.0 Å². The van der Waals surface area contributed by atoms with Crippen molar-refractivity contribution in [2.24, 2.45) is 23.3 Å². The summed E-state index contributed by atoms with van der Waals surface area (Å²) in [5.41, 5.74) is 9.40. The molecule has 0 bridgehead atoms. The number of allylic oxidation sites excluding steroid dienone is 2. The monoisotopic (exact) mass is 442 g/mol. The molecule has 8 N–H and O–H groups in total. The molecular formula is C23H26N2O7. The van der Waals surface area contributed by atoms with E-state index in [0.29, 0.717) is 24.0 Å². The van der Waals surface area contributed by atoms with Crippen LogP contribution in [0.15, 0.2) is 28.7 Å². The van der Waals surface area contributed by atoms with Crippen LogP contribution >= 0.6 is 0 Å². The lowest BCUT2D eigenvalue weighted by molar-refractivity contribution is -0.144. The van der Waals surface area contributed by atoms with Gasteiger partial charge in [0.1, 0.15) is 22.8 Å². The van der Waals surface area contributed by atoms with Gasteiger partial charge >= 0.3 is 0 Å². The first-order valence-corrected chi connectivity index (χ1v) is 10.6. The van der Waals surface area contributed by atoms with Crippen molar-refractivity contribution in [2.75, 3.05) is 0 Å². The predicted molar refractivity (Wildman–Crippen MR) is 113 cm³/mol. The number of aryl methyl sites for hydroxylation is 1. The molecule has 1 aromatic carbocycles. The normalized spacial score (nSPS) is 27.2. The van der Waals surface area contributed by atoms with E-state index < -0.39 is 52.0 Å². The van der Waals surface area contributed by atoms with Crippen LogP contribution in [0.4, 0.5) is 0 Å². The number of amides is 1. The zero-order valence-electron chi connectivity index (χ0n) is 17.6. The maximum atomic E-state index is 13.5. The van der Waals surface area contributed by atoms with Gasteiger partial charge in [-0.25, -0.2) is 0 Å². The molecule has 4 rings (SSSR count). The van der Waals surface area contributed by atoms with Crippen LogP contribution in [0.1, 0.15) is 53.2 Å². The molecule has 0 aromatic heterocycles. The van der Waals surface area contributed by atoms with Crippen molar-refractivity contribution in [3.63, 3.8) is 0 Å². The molecule has 0 heterocycles. The standard InChI is InChI=1S/C23H26N2O7/c1-2-3-9-4-11(8-24)18(27)16-13(9)6-10-5-12-7-14(26)17(22(25)31)21(30)23(12,32)20(29)15(10)19(16)28/h4,10,12,26-27,29,32H,2-3,5-8,24H2,1H3,(H2,25,31)/t10-,12+,23+/m1/s1. The Kier molecular flexibility index (Phi) is 5.14. The number of rotatable bonds is 4. The zero-order chi connectivity index (χ0) is 23.5. The van der Waals surface area contributed by atoms with Crippen molar-refractivity contribution in [1.29, 1.82) is 0 Å². The number of phenols is 1. The van der Waals surface area contributed by atoms with Crippen LogP contribution < -0.4 is 11.5 Å². The molecule has 1 amide bonds. The third-order valence-corrected chi connectivity index (χ3v) is 6.97. The van der Waals surface area contributed by atoms with E-state index in [-0.39, 0.29) is 36.3 Å².